The van der Waals surface area contributed by atoms with Gasteiger partial charge in [-0.2, -0.15) is 0 Å². The summed E-state index contributed by atoms with van der Waals surface area (Å²) >= 11 is 3.32. The Morgan fingerprint density at radius 1 is 1.26 bits per heavy atom. The number of aliphatic carboxylic acids is 1. The fourth-order valence-electron chi connectivity index (χ4n) is 1.46. The van der Waals surface area contributed by atoms with Crippen LogP contribution in [0.5, 0.6) is 0 Å². The van der Waals surface area contributed by atoms with Crippen molar-refractivity contribution >= 4 is 33.9 Å². The number of carbonyl (C=O) groups excluding carboxylic acids is 1. The minimum Gasteiger partial charge on any atom is -0.480 e. The highest BCUT2D eigenvalue weighted by Gasteiger charge is 2.22. The van der Waals surface area contributed by atoms with Crippen LogP contribution in [0.1, 0.15) is 19.4 Å². The fraction of sp³-hybridized carbons (Fsp3) is 0.286. The molecule has 5 heteroatoms. The Labute approximate surface area is 120 Å². The van der Waals surface area contributed by atoms with Crippen LogP contribution < -0.4 is 5.32 Å². The zero-order valence-corrected chi connectivity index (χ0v) is 12.3. The molecule has 19 heavy (non-hydrogen) atoms. The number of carboxylic acid groups (broad SMARTS) is 1. The van der Waals surface area contributed by atoms with E-state index in [0.29, 0.717) is 0 Å². The predicted molar refractivity (Wildman–Crippen MR) is 77.6 cm³/mol. The van der Waals surface area contributed by atoms with E-state index in [9.17, 15) is 9.59 Å². The number of carboxylic acids is 1. The van der Waals surface area contributed by atoms with Crippen LogP contribution in [0.3, 0.4) is 0 Å². The quantitative estimate of drug-likeness (QED) is 0.818. The van der Waals surface area contributed by atoms with Crippen molar-refractivity contribution in [3.63, 3.8) is 0 Å². The van der Waals surface area contributed by atoms with Gasteiger partial charge in [0.2, 0.25) is 5.91 Å². The molecule has 2 N–H and O–H groups in total. The topological polar surface area (TPSA) is 66.4 Å². The Hall–Kier alpha value is -1.62. The maximum absolute atomic E-state index is 11.6. The summed E-state index contributed by atoms with van der Waals surface area (Å²) < 4.78 is 0.958. The third-order valence-electron chi connectivity index (χ3n) is 2.53. The number of amides is 1. The number of carbonyl (C=O) groups is 2. The van der Waals surface area contributed by atoms with E-state index >= 15 is 0 Å². The molecule has 0 aliphatic heterocycles. The molecular weight excluding hydrogens is 310 g/mol. The monoisotopic (exact) mass is 325 g/mol. The molecule has 0 aromatic heterocycles. The van der Waals surface area contributed by atoms with Crippen molar-refractivity contribution in [3.8, 4) is 0 Å². The molecule has 0 bridgehead atoms. The molecular formula is C14H16BrNO3. The van der Waals surface area contributed by atoms with E-state index in [-0.39, 0.29) is 5.92 Å². The summed E-state index contributed by atoms with van der Waals surface area (Å²) in [7, 11) is 0. The van der Waals surface area contributed by atoms with Crippen LogP contribution >= 0.6 is 15.9 Å². The van der Waals surface area contributed by atoms with Crippen LogP contribution in [-0.4, -0.2) is 23.0 Å². The molecule has 0 saturated carbocycles. The molecule has 1 aromatic carbocycles. The third kappa shape index (κ3) is 5.26. The summed E-state index contributed by atoms with van der Waals surface area (Å²) in [5.41, 5.74) is 0.870. The number of hydrogen-bond donors (Lipinski definition) is 2. The zero-order chi connectivity index (χ0) is 14.4. The van der Waals surface area contributed by atoms with Crippen molar-refractivity contribution in [2.24, 2.45) is 5.92 Å². The normalized spacial score (nSPS) is 12.6. The second-order valence-electron chi connectivity index (χ2n) is 4.45. The van der Waals surface area contributed by atoms with Gasteiger partial charge in [-0.05, 0) is 29.7 Å². The van der Waals surface area contributed by atoms with Gasteiger partial charge in [-0.15, -0.1) is 0 Å². The fourth-order valence-corrected chi connectivity index (χ4v) is 1.73. The van der Waals surface area contributed by atoms with E-state index in [2.05, 4.69) is 21.2 Å². The Kier molecular flexibility index (Phi) is 5.76. The largest absolute Gasteiger partial charge is 0.480 e. The highest BCUT2D eigenvalue weighted by atomic mass is 79.9. The van der Waals surface area contributed by atoms with Crippen LogP contribution in [-0.2, 0) is 9.59 Å². The van der Waals surface area contributed by atoms with Crippen molar-refractivity contribution in [2.75, 3.05) is 0 Å². The first kappa shape index (κ1) is 15.4. The Morgan fingerprint density at radius 2 is 1.84 bits per heavy atom. The maximum atomic E-state index is 11.6. The Bertz CT molecular complexity index is 480. The van der Waals surface area contributed by atoms with Gasteiger partial charge < -0.3 is 10.4 Å². The molecule has 1 rings (SSSR count). The molecule has 4 nitrogen and oxygen atoms in total. The summed E-state index contributed by atoms with van der Waals surface area (Å²) in [5, 5.41) is 11.4. The lowest BCUT2D eigenvalue weighted by Gasteiger charge is -2.16. The molecule has 0 spiro atoms. The van der Waals surface area contributed by atoms with Gasteiger partial charge in [0, 0.05) is 10.5 Å². The summed E-state index contributed by atoms with van der Waals surface area (Å²) in [6.07, 6.45) is 2.97. The van der Waals surface area contributed by atoms with Crippen LogP contribution in [0, 0.1) is 5.92 Å². The van der Waals surface area contributed by atoms with Gasteiger partial charge >= 0.3 is 5.97 Å². The third-order valence-corrected chi connectivity index (χ3v) is 3.06. The molecule has 1 aromatic rings. The summed E-state index contributed by atoms with van der Waals surface area (Å²) in [5.74, 6) is -1.60. The number of halogens is 1. The van der Waals surface area contributed by atoms with Crippen molar-refractivity contribution in [1.82, 2.24) is 5.32 Å². The van der Waals surface area contributed by atoms with Crippen molar-refractivity contribution in [2.45, 2.75) is 19.9 Å². The highest BCUT2D eigenvalue weighted by molar-refractivity contribution is 9.10. The summed E-state index contributed by atoms with van der Waals surface area (Å²) in [6.45, 7) is 3.50. The average molecular weight is 326 g/mol. The van der Waals surface area contributed by atoms with Crippen molar-refractivity contribution in [1.29, 1.82) is 0 Å². The van der Waals surface area contributed by atoms with Gasteiger partial charge in [0.15, 0.2) is 0 Å². The first-order valence-electron chi connectivity index (χ1n) is 5.87. The minimum atomic E-state index is -1.03. The van der Waals surface area contributed by atoms with E-state index < -0.39 is 17.9 Å². The predicted octanol–water partition coefficient (Wildman–Crippen LogP) is 2.69. The lowest BCUT2D eigenvalue weighted by Crippen LogP contribution is -2.43. The van der Waals surface area contributed by atoms with Gasteiger partial charge in [0.05, 0.1) is 0 Å². The number of benzene rings is 1. The van der Waals surface area contributed by atoms with Gasteiger partial charge in [0.1, 0.15) is 6.04 Å². The standard InChI is InChI=1S/C14H16BrNO3/c1-9(2)13(14(18)19)16-12(17)8-5-10-3-6-11(15)7-4-10/h3-9,13H,1-2H3,(H,16,17)(H,18,19)/b8-5+. The molecule has 0 radical (unpaired) electrons. The van der Waals surface area contributed by atoms with Crippen LogP contribution in [0.4, 0.5) is 0 Å². The molecule has 0 heterocycles. The first-order valence-corrected chi connectivity index (χ1v) is 6.66. The number of nitrogens with one attached hydrogen (secondary N) is 1. The summed E-state index contributed by atoms with van der Waals surface area (Å²) in [6, 6.07) is 6.56. The van der Waals surface area contributed by atoms with E-state index in [4.69, 9.17) is 5.11 Å². The number of rotatable bonds is 5. The van der Waals surface area contributed by atoms with Crippen LogP contribution in [0.25, 0.3) is 6.08 Å². The molecule has 1 amide bonds. The van der Waals surface area contributed by atoms with Crippen LogP contribution in [0.2, 0.25) is 0 Å². The second kappa shape index (κ2) is 7.09. The highest BCUT2D eigenvalue weighted by Crippen LogP contribution is 2.11. The molecule has 1 atom stereocenters. The minimum absolute atomic E-state index is 0.164. The SMILES string of the molecule is CC(C)C(NC(=O)/C=C/c1ccc(Br)cc1)C(=O)O. The lowest BCUT2D eigenvalue weighted by atomic mass is 10.0. The summed E-state index contributed by atoms with van der Waals surface area (Å²) in [4.78, 5) is 22.6. The molecule has 0 aliphatic carbocycles. The average Bonchev–Trinajstić information content (AvgIpc) is 2.34. The molecule has 102 valence electrons. The molecule has 0 aliphatic rings. The van der Waals surface area contributed by atoms with Crippen molar-refractivity contribution < 1.29 is 14.7 Å². The molecule has 0 fully saturated rings. The van der Waals surface area contributed by atoms with E-state index in [1.807, 2.05) is 24.3 Å². The number of hydrogen-bond acceptors (Lipinski definition) is 2. The molecule has 0 saturated heterocycles. The van der Waals surface area contributed by atoms with Gasteiger partial charge in [-0.25, -0.2) is 4.79 Å². The van der Waals surface area contributed by atoms with E-state index in [0.717, 1.165) is 10.0 Å². The van der Waals surface area contributed by atoms with Crippen LogP contribution in [0.15, 0.2) is 34.8 Å². The second-order valence-corrected chi connectivity index (χ2v) is 5.37. The maximum Gasteiger partial charge on any atom is 0.326 e. The van der Waals surface area contributed by atoms with Crippen molar-refractivity contribution in [3.05, 3.63) is 40.4 Å². The van der Waals surface area contributed by atoms with E-state index in [1.54, 1.807) is 19.9 Å². The van der Waals surface area contributed by atoms with Gasteiger partial charge in [0.25, 0.3) is 0 Å². The Morgan fingerprint density at radius 3 is 2.32 bits per heavy atom. The van der Waals surface area contributed by atoms with E-state index in [1.165, 1.54) is 6.08 Å². The Balaban J connectivity index is 2.64. The van der Waals surface area contributed by atoms with Gasteiger partial charge in [-0.3, -0.25) is 4.79 Å². The molecule has 1 unspecified atom stereocenters. The zero-order valence-electron chi connectivity index (χ0n) is 10.8. The van der Waals surface area contributed by atoms with Gasteiger partial charge in [-0.1, -0.05) is 41.9 Å². The lowest BCUT2D eigenvalue weighted by molar-refractivity contribution is -0.142. The smallest absolute Gasteiger partial charge is 0.326 e. The first-order chi connectivity index (χ1) is 8.90.